The van der Waals surface area contributed by atoms with Crippen molar-refractivity contribution < 1.29 is 28.7 Å². The first-order valence-electron chi connectivity index (χ1n) is 10.1. The molecule has 0 saturated carbocycles. The second kappa shape index (κ2) is 12.5. The topological polar surface area (TPSA) is 88.6 Å². The van der Waals surface area contributed by atoms with Crippen molar-refractivity contribution in [3.05, 3.63) is 40.4 Å². The third kappa shape index (κ3) is 8.22. The van der Waals surface area contributed by atoms with Crippen LogP contribution in [-0.4, -0.2) is 79.4 Å². The highest BCUT2D eigenvalue weighted by atomic mass is 35.5. The molecule has 11 heteroatoms. The predicted octanol–water partition coefficient (Wildman–Crippen LogP) is 3.36. The summed E-state index contributed by atoms with van der Waals surface area (Å²) in [5.41, 5.74) is 0. The Kier molecular flexibility index (Phi) is 10.1. The average molecular weight is 488 g/mol. The first kappa shape index (κ1) is 25.8. The Morgan fingerprint density at radius 3 is 2.38 bits per heavy atom. The zero-order chi connectivity index (χ0) is 23.7. The van der Waals surface area contributed by atoms with Gasteiger partial charge in [-0.05, 0) is 38.7 Å². The number of hydrogen-bond donors (Lipinski definition) is 0. The molecule has 0 saturated heterocycles. The minimum Gasteiger partial charge on any atom is -0.492 e. The zero-order valence-corrected chi connectivity index (χ0v) is 19.8. The fraction of sp³-hybridized carbons (Fsp3) is 0.476. The Hall–Kier alpha value is -2.49. The van der Waals surface area contributed by atoms with Gasteiger partial charge in [0.05, 0.1) is 13.1 Å². The number of halogens is 2. The molecule has 0 N–H and O–H groups in total. The Bertz CT molecular complexity index is 829. The van der Waals surface area contributed by atoms with Gasteiger partial charge in [0.25, 0.3) is 0 Å². The van der Waals surface area contributed by atoms with Crippen LogP contribution in [0.2, 0.25) is 10.0 Å². The molecule has 1 aliphatic heterocycles. The van der Waals surface area contributed by atoms with Crippen LogP contribution in [0.15, 0.2) is 30.4 Å². The monoisotopic (exact) mass is 487 g/mol. The first-order valence-corrected chi connectivity index (χ1v) is 10.9. The van der Waals surface area contributed by atoms with Crippen molar-refractivity contribution in [2.75, 3.05) is 40.3 Å². The van der Waals surface area contributed by atoms with Crippen LogP contribution in [-0.2, 0) is 19.2 Å². The lowest BCUT2D eigenvalue weighted by Crippen LogP contribution is -2.54. The molecule has 0 fully saturated rings. The molecule has 0 aromatic heterocycles. The lowest BCUT2D eigenvalue weighted by Gasteiger charge is -2.34. The van der Waals surface area contributed by atoms with Gasteiger partial charge in [0.15, 0.2) is 0 Å². The van der Waals surface area contributed by atoms with Gasteiger partial charge < -0.3 is 24.1 Å². The van der Waals surface area contributed by atoms with Gasteiger partial charge >= 0.3 is 18.0 Å². The smallest absolute Gasteiger partial charge is 0.357 e. The number of hydrogen-bond acceptors (Lipinski definition) is 7. The molecule has 1 atom stereocenters. The van der Waals surface area contributed by atoms with Crippen LogP contribution in [0.25, 0.3) is 0 Å². The number of cyclic esters (lactones) is 1. The summed E-state index contributed by atoms with van der Waals surface area (Å²) in [6.07, 6.45) is 2.32. The van der Waals surface area contributed by atoms with E-state index in [9.17, 15) is 14.4 Å². The first-order chi connectivity index (χ1) is 15.2. The molecule has 0 spiro atoms. The van der Waals surface area contributed by atoms with Gasteiger partial charge in [-0.3, -0.25) is 0 Å². The summed E-state index contributed by atoms with van der Waals surface area (Å²) in [6, 6.07) is 4.20. The maximum absolute atomic E-state index is 13.3. The molecule has 0 bridgehead atoms. The Labute approximate surface area is 197 Å². The summed E-state index contributed by atoms with van der Waals surface area (Å²) in [5.74, 6) is -1.13. The number of rotatable bonds is 9. The molecule has 1 unspecified atom stereocenters. The van der Waals surface area contributed by atoms with Crippen LogP contribution in [0.5, 0.6) is 5.75 Å². The molecule has 1 aromatic rings. The highest BCUT2D eigenvalue weighted by molar-refractivity contribution is 6.34. The molecule has 1 aromatic carbocycles. The van der Waals surface area contributed by atoms with Crippen molar-refractivity contribution in [2.45, 2.75) is 26.0 Å². The quantitative estimate of drug-likeness (QED) is 0.493. The van der Waals surface area contributed by atoms with Crippen molar-refractivity contribution >= 4 is 41.2 Å². The standard InChI is InChI=1S/C21H27Cl2N3O6/c1-4-5-8-25(9-10-30-17-12-15(22)11-16(23)13-17)21(29)26-18(14-24(2)3)31-19(27)6-7-20(28)32-26/h6-7,11-13,18H,4-5,8-10,14H2,1-3H3/b7-6-. The summed E-state index contributed by atoms with van der Waals surface area (Å²) in [5, 5.41) is 1.66. The van der Waals surface area contributed by atoms with Gasteiger partial charge in [-0.25, -0.2) is 14.4 Å². The summed E-state index contributed by atoms with van der Waals surface area (Å²) >= 11 is 12.0. The molecule has 2 amide bonds. The van der Waals surface area contributed by atoms with Crippen molar-refractivity contribution in [1.82, 2.24) is 14.9 Å². The number of hydroxylamine groups is 2. The van der Waals surface area contributed by atoms with E-state index in [1.807, 2.05) is 6.92 Å². The van der Waals surface area contributed by atoms with E-state index in [-0.39, 0.29) is 19.7 Å². The van der Waals surface area contributed by atoms with Gasteiger partial charge in [-0.1, -0.05) is 36.5 Å². The fourth-order valence-corrected chi connectivity index (χ4v) is 3.31. The highest BCUT2D eigenvalue weighted by Crippen LogP contribution is 2.24. The van der Waals surface area contributed by atoms with Gasteiger partial charge in [-0.15, -0.1) is 5.06 Å². The molecule has 0 aliphatic carbocycles. The second-order valence-electron chi connectivity index (χ2n) is 7.30. The number of likely N-dealkylation sites (N-methyl/N-ethyl adjacent to an activating group) is 1. The van der Waals surface area contributed by atoms with E-state index in [0.29, 0.717) is 28.8 Å². The van der Waals surface area contributed by atoms with E-state index in [4.69, 9.17) is 37.5 Å². The van der Waals surface area contributed by atoms with E-state index >= 15 is 0 Å². The Morgan fingerprint density at radius 1 is 1.09 bits per heavy atom. The summed E-state index contributed by atoms with van der Waals surface area (Å²) in [7, 11) is 3.48. The number of nitrogens with zero attached hydrogens (tertiary/aromatic N) is 3. The molecule has 0 radical (unpaired) electrons. The largest absolute Gasteiger partial charge is 0.492 e. The average Bonchev–Trinajstić information content (AvgIpc) is 2.70. The van der Waals surface area contributed by atoms with E-state index in [0.717, 1.165) is 23.6 Å². The van der Waals surface area contributed by atoms with Crippen LogP contribution >= 0.6 is 23.2 Å². The number of amides is 2. The van der Waals surface area contributed by atoms with Gasteiger partial charge in [0.2, 0.25) is 6.23 Å². The molecule has 1 aliphatic rings. The van der Waals surface area contributed by atoms with Crippen LogP contribution in [0.3, 0.4) is 0 Å². The third-order valence-corrected chi connectivity index (χ3v) is 4.72. The normalized spacial score (nSPS) is 17.3. The lowest BCUT2D eigenvalue weighted by molar-refractivity contribution is -0.220. The number of unbranched alkanes of at least 4 members (excludes halogenated alkanes) is 1. The lowest BCUT2D eigenvalue weighted by atomic mass is 10.3. The van der Waals surface area contributed by atoms with Gasteiger partial charge in [0.1, 0.15) is 12.4 Å². The number of ether oxygens (including phenoxy) is 2. The van der Waals surface area contributed by atoms with Crippen molar-refractivity contribution in [3.8, 4) is 5.75 Å². The van der Waals surface area contributed by atoms with Crippen LogP contribution < -0.4 is 4.74 Å². The van der Waals surface area contributed by atoms with Crippen molar-refractivity contribution in [2.24, 2.45) is 0 Å². The molecular formula is C21H27Cl2N3O6. The maximum Gasteiger partial charge on any atom is 0.357 e. The molecular weight excluding hydrogens is 461 g/mol. The molecule has 32 heavy (non-hydrogen) atoms. The number of esters is 1. The summed E-state index contributed by atoms with van der Waals surface area (Å²) < 4.78 is 11.0. The van der Waals surface area contributed by atoms with E-state index in [1.54, 1.807) is 37.2 Å². The fourth-order valence-electron chi connectivity index (χ4n) is 2.81. The van der Waals surface area contributed by atoms with Crippen molar-refractivity contribution in [1.29, 1.82) is 0 Å². The number of urea groups is 1. The zero-order valence-electron chi connectivity index (χ0n) is 18.3. The van der Waals surface area contributed by atoms with Crippen LogP contribution in [0.1, 0.15) is 19.8 Å². The predicted molar refractivity (Wildman–Crippen MR) is 119 cm³/mol. The SMILES string of the molecule is CCCCN(CCOc1cc(Cl)cc(Cl)c1)C(=O)N1OC(=O)/C=C\C(=O)OC1CN(C)C. The van der Waals surface area contributed by atoms with E-state index < -0.39 is 24.2 Å². The number of carbonyl (C=O) groups is 3. The number of benzene rings is 1. The highest BCUT2D eigenvalue weighted by Gasteiger charge is 2.35. The van der Waals surface area contributed by atoms with Crippen LogP contribution in [0, 0.1) is 0 Å². The molecule has 2 rings (SSSR count). The van der Waals surface area contributed by atoms with E-state index in [1.165, 1.54) is 4.90 Å². The van der Waals surface area contributed by atoms with Gasteiger partial charge in [-0.2, -0.15) is 0 Å². The minimum absolute atomic E-state index is 0.137. The van der Waals surface area contributed by atoms with Crippen molar-refractivity contribution in [3.63, 3.8) is 0 Å². The molecule has 176 valence electrons. The third-order valence-electron chi connectivity index (χ3n) is 4.29. The summed E-state index contributed by atoms with van der Waals surface area (Å²) in [6.45, 7) is 2.85. The van der Waals surface area contributed by atoms with Crippen LogP contribution in [0.4, 0.5) is 4.79 Å². The Balaban J connectivity index is 2.16. The summed E-state index contributed by atoms with van der Waals surface area (Å²) in [4.78, 5) is 45.7. The minimum atomic E-state index is -1.12. The Morgan fingerprint density at radius 2 is 1.75 bits per heavy atom. The van der Waals surface area contributed by atoms with Gasteiger partial charge in [0, 0.05) is 28.7 Å². The number of carbonyl (C=O) groups excluding carboxylic acids is 3. The molecule has 9 nitrogen and oxygen atoms in total. The maximum atomic E-state index is 13.3. The molecule has 1 heterocycles. The second-order valence-corrected chi connectivity index (χ2v) is 8.17. The van der Waals surface area contributed by atoms with E-state index in [2.05, 4.69) is 0 Å².